The summed E-state index contributed by atoms with van der Waals surface area (Å²) in [6.07, 6.45) is -2.21. The van der Waals surface area contributed by atoms with Crippen LogP contribution in [-0.2, 0) is 16.0 Å². The molecule has 2 atom stereocenters. The van der Waals surface area contributed by atoms with Gasteiger partial charge in [0.2, 0.25) is 0 Å². The molecule has 2 fully saturated rings. The molecule has 0 aromatic heterocycles. The fourth-order valence-electron chi connectivity index (χ4n) is 2.75. The Balaban J connectivity index is 1.94. The monoisotopic (exact) mass is 276 g/mol. The highest BCUT2D eigenvalue weighted by atomic mass is 32.2. The molecule has 3 rings (SSSR count). The van der Waals surface area contributed by atoms with Gasteiger partial charge in [-0.1, -0.05) is 0 Å². The number of hydrogen-bond donors (Lipinski definition) is 0. The highest BCUT2D eigenvalue weighted by Crippen LogP contribution is 2.66. The zero-order chi connectivity index (χ0) is 13.2. The van der Waals surface area contributed by atoms with E-state index in [2.05, 4.69) is 0 Å². The van der Waals surface area contributed by atoms with E-state index in [0.717, 1.165) is 30.7 Å². The number of halogens is 3. The molecule has 6 heteroatoms. The quantitative estimate of drug-likeness (QED) is 0.832. The van der Waals surface area contributed by atoms with Crippen LogP contribution in [0.25, 0.3) is 0 Å². The first-order valence-corrected chi connectivity index (χ1v) is 7.18. The van der Waals surface area contributed by atoms with Gasteiger partial charge < -0.3 is 0 Å². The van der Waals surface area contributed by atoms with Crippen molar-refractivity contribution in [1.82, 2.24) is 0 Å². The van der Waals surface area contributed by atoms with Gasteiger partial charge in [-0.3, -0.25) is 0 Å². The Hall–Kier alpha value is -1.04. The van der Waals surface area contributed by atoms with Gasteiger partial charge >= 0.3 is 6.18 Å². The lowest BCUT2D eigenvalue weighted by Crippen LogP contribution is -2.32. The van der Waals surface area contributed by atoms with Crippen LogP contribution in [0.2, 0.25) is 0 Å². The number of alkyl halides is 3. The van der Waals surface area contributed by atoms with Crippen LogP contribution in [0.3, 0.4) is 0 Å². The lowest BCUT2D eigenvalue weighted by molar-refractivity contribution is -0.137. The van der Waals surface area contributed by atoms with Crippen molar-refractivity contribution in [2.45, 2.75) is 35.1 Å². The minimum atomic E-state index is -4.43. The molecule has 0 bridgehead atoms. The third-order valence-corrected chi connectivity index (χ3v) is 6.79. The largest absolute Gasteiger partial charge is 0.416 e. The summed E-state index contributed by atoms with van der Waals surface area (Å²) in [5.41, 5.74) is -0.820. The van der Waals surface area contributed by atoms with E-state index in [-0.39, 0.29) is 10.8 Å². The summed E-state index contributed by atoms with van der Waals surface area (Å²) in [4.78, 5) is 0.0118. The number of sulfone groups is 1. The average molecular weight is 276 g/mol. The molecule has 0 heterocycles. The van der Waals surface area contributed by atoms with Gasteiger partial charge in [0.15, 0.2) is 9.84 Å². The van der Waals surface area contributed by atoms with Crippen LogP contribution in [0.15, 0.2) is 29.2 Å². The van der Waals surface area contributed by atoms with Crippen LogP contribution in [0.5, 0.6) is 0 Å². The molecule has 0 spiro atoms. The van der Waals surface area contributed by atoms with Gasteiger partial charge in [-0.25, -0.2) is 8.42 Å². The predicted molar refractivity (Wildman–Crippen MR) is 58.7 cm³/mol. The minimum Gasteiger partial charge on any atom is -0.223 e. The van der Waals surface area contributed by atoms with E-state index in [1.807, 2.05) is 0 Å². The Morgan fingerprint density at radius 1 is 1.17 bits per heavy atom. The van der Waals surface area contributed by atoms with Crippen molar-refractivity contribution < 1.29 is 21.6 Å². The predicted octanol–water partition coefficient (Wildman–Crippen LogP) is 3.03. The number of benzene rings is 1. The Morgan fingerprint density at radius 3 is 2.11 bits per heavy atom. The van der Waals surface area contributed by atoms with E-state index in [1.54, 1.807) is 0 Å². The first kappa shape index (κ1) is 12.0. The Morgan fingerprint density at radius 2 is 1.78 bits per heavy atom. The van der Waals surface area contributed by atoms with E-state index in [9.17, 15) is 21.6 Å². The van der Waals surface area contributed by atoms with Crippen molar-refractivity contribution in [3.8, 4) is 0 Å². The molecule has 98 valence electrons. The lowest BCUT2D eigenvalue weighted by atomic mass is 10.00. The maximum Gasteiger partial charge on any atom is 0.416 e. The van der Waals surface area contributed by atoms with Gasteiger partial charge in [0.25, 0.3) is 0 Å². The highest BCUT2D eigenvalue weighted by Gasteiger charge is 2.69. The van der Waals surface area contributed by atoms with Crippen LogP contribution in [0, 0.1) is 5.92 Å². The van der Waals surface area contributed by atoms with Gasteiger partial charge in [-0.05, 0) is 49.4 Å². The SMILES string of the molecule is O=S(=O)(c1ccc(C(F)(F)F)cc1)[C@@]12CC[C@@H]1C2. The molecule has 18 heavy (non-hydrogen) atoms. The third-order valence-electron chi connectivity index (χ3n) is 4.12. The fraction of sp³-hybridized carbons (Fsp3) is 0.500. The van der Waals surface area contributed by atoms with Gasteiger partial charge in [0.05, 0.1) is 15.2 Å². The second kappa shape index (κ2) is 3.29. The van der Waals surface area contributed by atoms with Crippen LogP contribution < -0.4 is 0 Å². The summed E-state index contributed by atoms with van der Waals surface area (Å²) in [5, 5.41) is 0. The zero-order valence-corrected chi connectivity index (χ0v) is 10.2. The minimum absolute atomic E-state index is 0.0118. The molecule has 2 aliphatic rings. The topological polar surface area (TPSA) is 34.1 Å². The summed E-state index contributed by atoms with van der Waals surface area (Å²) in [5.74, 6) is 0.227. The Labute approximate surface area is 103 Å². The summed E-state index contributed by atoms with van der Waals surface area (Å²) >= 11 is 0. The molecule has 2 nitrogen and oxygen atoms in total. The smallest absolute Gasteiger partial charge is 0.223 e. The van der Waals surface area contributed by atoms with Crippen molar-refractivity contribution in [3.63, 3.8) is 0 Å². The molecule has 0 saturated heterocycles. The van der Waals surface area contributed by atoms with Gasteiger partial charge in [0, 0.05) is 0 Å². The molecular formula is C12H11F3O2S. The number of rotatable bonds is 2. The summed E-state index contributed by atoms with van der Waals surface area (Å²) in [7, 11) is -3.46. The van der Waals surface area contributed by atoms with Crippen molar-refractivity contribution in [3.05, 3.63) is 29.8 Å². The van der Waals surface area contributed by atoms with E-state index in [4.69, 9.17) is 0 Å². The maximum atomic E-state index is 12.4. The van der Waals surface area contributed by atoms with Crippen molar-refractivity contribution >= 4 is 9.84 Å². The Bertz CT molecular complexity index is 585. The molecular weight excluding hydrogens is 265 g/mol. The van der Waals surface area contributed by atoms with E-state index in [1.165, 1.54) is 0 Å². The van der Waals surface area contributed by atoms with Crippen LogP contribution in [0.1, 0.15) is 24.8 Å². The molecule has 0 unspecified atom stereocenters. The van der Waals surface area contributed by atoms with Gasteiger partial charge in [-0.15, -0.1) is 0 Å². The van der Waals surface area contributed by atoms with Crippen LogP contribution >= 0.6 is 0 Å². The first-order valence-electron chi connectivity index (χ1n) is 5.69. The maximum absolute atomic E-state index is 12.4. The van der Waals surface area contributed by atoms with Crippen molar-refractivity contribution in [1.29, 1.82) is 0 Å². The Kier molecular flexibility index (Phi) is 2.20. The zero-order valence-electron chi connectivity index (χ0n) is 9.37. The standard InChI is InChI=1S/C12H11F3O2S/c13-12(14,15)8-1-3-10(4-2-8)18(16,17)11-6-5-9(11)7-11/h1-4,9H,5-7H2/t9-,11-/m1/s1. The summed E-state index contributed by atoms with van der Waals surface area (Å²) < 4.78 is 61.0. The molecule has 0 radical (unpaired) electrons. The molecule has 0 aliphatic heterocycles. The summed E-state index contributed by atoms with van der Waals surface area (Å²) in [6, 6.07) is 3.81. The first-order chi connectivity index (χ1) is 8.27. The highest BCUT2D eigenvalue weighted by molar-refractivity contribution is 7.93. The molecule has 0 amide bonds. The molecule has 0 N–H and O–H groups in total. The van der Waals surface area contributed by atoms with Crippen molar-refractivity contribution in [2.75, 3.05) is 0 Å². The second-order valence-electron chi connectivity index (χ2n) is 5.03. The molecule has 2 saturated carbocycles. The lowest BCUT2D eigenvalue weighted by Gasteiger charge is -2.25. The van der Waals surface area contributed by atoms with Crippen LogP contribution in [-0.4, -0.2) is 13.2 Å². The second-order valence-corrected chi connectivity index (χ2v) is 7.32. The van der Waals surface area contributed by atoms with Crippen LogP contribution in [0.4, 0.5) is 13.2 Å². The fourth-order valence-corrected chi connectivity index (χ4v) is 5.08. The van der Waals surface area contributed by atoms with E-state index < -0.39 is 26.3 Å². The number of fused-ring (bicyclic) bond motifs is 1. The molecule has 1 aromatic carbocycles. The van der Waals surface area contributed by atoms with E-state index in [0.29, 0.717) is 12.8 Å². The van der Waals surface area contributed by atoms with Gasteiger partial charge in [-0.2, -0.15) is 13.2 Å². The molecule has 2 aliphatic carbocycles. The van der Waals surface area contributed by atoms with E-state index >= 15 is 0 Å². The third kappa shape index (κ3) is 1.44. The van der Waals surface area contributed by atoms with Crippen molar-refractivity contribution in [2.24, 2.45) is 5.92 Å². The average Bonchev–Trinajstić information content (AvgIpc) is 2.81. The molecule has 1 aromatic rings. The summed E-state index contributed by atoms with van der Waals surface area (Å²) in [6.45, 7) is 0. The normalized spacial score (nSPS) is 30.5. The number of hydrogen-bond acceptors (Lipinski definition) is 2. The van der Waals surface area contributed by atoms with Gasteiger partial charge in [0.1, 0.15) is 0 Å².